The maximum Gasteiger partial charge on any atom is 0.293 e. The van der Waals surface area contributed by atoms with Crippen molar-refractivity contribution in [1.82, 2.24) is 14.3 Å². The molecule has 2 aromatic heterocycles. The number of amides is 2. The minimum atomic E-state index is -0.512. The number of halogens is 1. The van der Waals surface area contributed by atoms with Crippen molar-refractivity contribution in [2.45, 2.75) is 25.5 Å². The first kappa shape index (κ1) is 22.3. The average molecular weight is 481 g/mol. The fourth-order valence-electron chi connectivity index (χ4n) is 3.92. The fraction of sp³-hybridized carbons (Fsp3) is 0.250. The molecule has 8 nitrogen and oxygen atoms in total. The summed E-state index contributed by atoms with van der Waals surface area (Å²) in [6.07, 6.45) is 4.94. The van der Waals surface area contributed by atoms with Crippen LogP contribution in [0.2, 0.25) is 0 Å². The molecule has 2 aliphatic heterocycles. The number of carbonyl (C=O) groups excluding carboxylic acids is 2. The number of aromatic nitrogens is 2. The molecular formula is C24H21FN4O4S. The van der Waals surface area contributed by atoms with Gasteiger partial charge in [-0.1, -0.05) is 18.2 Å². The van der Waals surface area contributed by atoms with Crippen LogP contribution in [0.5, 0.6) is 0 Å². The molecule has 1 aromatic carbocycles. The first-order valence-electron chi connectivity index (χ1n) is 10.9. The molecule has 1 unspecified atom stereocenters. The van der Waals surface area contributed by atoms with Crippen molar-refractivity contribution in [3.8, 4) is 0 Å². The van der Waals surface area contributed by atoms with E-state index in [0.29, 0.717) is 30.2 Å². The van der Waals surface area contributed by atoms with Crippen molar-refractivity contribution >= 4 is 40.4 Å². The van der Waals surface area contributed by atoms with E-state index in [1.54, 1.807) is 24.4 Å². The molecule has 2 fully saturated rings. The van der Waals surface area contributed by atoms with Crippen molar-refractivity contribution in [2.75, 3.05) is 18.5 Å². The topological polar surface area (TPSA) is 93.0 Å². The van der Waals surface area contributed by atoms with Gasteiger partial charge in [0.25, 0.3) is 16.7 Å². The highest BCUT2D eigenvalue weighted by atomic mass is 32.2. The van der Waals surface area contributed by atoms with Crippen LogP contribution in [0, 0.1) is 5.82 Å². The molecule has 5 rings (SSSR count). The Hall–Kier alpha value is -3.50. The summed E-state index contributed by atoms with van der Waals surface area (Å²) in [6.45, 7) is 1.19. The number of hydrogen-bond donors (Lipinski definition) is 1. The molecule has 174 valence electrons. The monoisotopic (exact) mass is 480 g/mol. The van der Waals surface area contributed by atoms with Gasteiger partial charge in [-0.2, -0.15) is 0 Å². The summed E-state index contributed by atoms with van der Waals surface area (Å²) in [4.78, 5) is 44.6. The van der Waals surface area contributed by atoms with Crippen molar-refractivity contribution < 1.29 is 18.7 Å². The molecule has 2 amide bonds. The van der Waals surface area contributed by atoms with Crippen LogP contribution in [0.25, 0.3) is 11.7 Å². The largest absolute Gasteiger partial charge is 0.376 e. The molecule has 3 aromatic rings. The number of hydrogen-bond acceptors (Lipinski definition) is 7. The van der Waals surface area contributed by atoms with E-state index in [4.69, 9.17) is 4.74 Å². The maximum absolute atomic E-state index is 13.3. The van der Waals surface area contributed by atoms with Gasteiger partial charge in [0.2, 0.25) is 0 Å². The molecule has 4 heterocycles. The van der Waals surface area contributed by atoms with Crippen molar-refractivity contribution in [3.05, 3.63) is 80.9 Å². The van der Waals surface area contributed by atoms with Gasteiger partial charge in [0.05, 0.1) is 23.1 Å². The third-order valence-electron chi connectivity index (χ3n) is 5.69. The summed E-state index contributed by atoms with van der Waals surface area (Å²) in [5.74, 6) is -0.580. The van der Waals surface area contributed by atoms with E-state index in [1.165, 1.54) is 34.7 Å². The van der Waals surface area contributed by atoms with Gasteiger partial charge < -0.3 is 10.1 Å². The van der Waals surface area contributed by atoms with Crippen LogP contribution in [0.1, 0.15) is 24.0 Å². The molecular weight excluding hydrogens is 459 g/mol. The van der Waals surface area contributed by atoms with Gasteiger partial charge in [0.15, 0.2) is 0 Å². The van der Waals surface area contributed by atoms with Gasteiger partial charge >= 0.3 is 0 Å². The lowest BCUT2D eigenvalue weighted by Gasteiger charge is -2.14. The highest BCUT2D eigenvalue weighted by molar-refractivity contribution is 8.18. The molecule has 0 spiro atoms. The van der Waals surface area contributed by atoms with E-state index < -0.39 is 17.0 Å². The lowest BCUT2D eigenvalue weighted by Crippen LogP contribution is -2.27. The predicted molar refractivity (Wildman–Crippen MR) is 127 cm³/mol. The summed E-state index contributed by atoms with van der Waals surface area (Å²) in [6, 6.07) is 10.8. The first-order chi connectivity index (χ1) is 16.5. The number of fused-ring (bicyclic) bond motifs is 1. The Labute approximate surface area is 198 Å². The summed E-state index contributed by atoms with van der Waals surface area (Å²) < 4.78 is 20.2. The summed E-state index contributed by atoms with van der Waals surface area (Å²) in [5.41, 5.74) is 0.917. The van der Waals surface area contributed by atoms with Crippen LogP contribution < -0.4 is 10.9 Å². The summed E-state index contributed by atoms with van der Waals surface area (Å²) >= 11 is 0.761. The van der Waals surface area contributed by atoms with Gasteiger partial charge in [-0.25, -0.2) is 9.37 Å². The van der Waals surface area contributed by atoms with E-state index in [0.717, 1.165) is 29.5 Å². The van der Waals surface area contributed by atoms with Crippen molar-refractivity contribution in [2.24, 2.45) is 0 Å². The van der Waals surface area contributed by atoms with Crippen LogP contribution >= 0.6 is 11.8 Å². The molecule has 1 N–H and O–H groups in total. The van der Waals surface area contributed by atoms with Crippen LogP contribution in [0.15, 0.2) is 58.4 Å². The lowest BCUT2D eigenvalue weighted by atomic mass is 10.2. The zero-order valence-electron chi connectivity index (χ0n) is 18.1. The van der Waals surface area contributed by atoms with Gasteiger partial charge in [-0.15, -0.1) is 0 Å². The molecule has 0 aliphatic carbocycles. The van der Waals surface area contributed by atoms with E-state index in [-0.39, 0.29) is 28.7 Å². The second-order valence-electron chi connectivity index (χ2n) is 8.02. The van der Waals surface area contributed by atoms with E-state index in [1.807, 2.05) is 0 Å². The molecule has 0 radical (unpaired) electrons. The molecule has 1 atom stereocenters. The second kappa shape index (κ2) is 9.40. The number of benzene rings is 1. The quantitative estimate of drug-likeness (QED) is 0.538. The number of pyridine rings is 1. The van der Waals surface area contributed by atoms with E-state index in [2.05, 4.69) is 10.3 Å². The third-order valence-corrected chi connectivity index (χ3v) is 6.60. The summed E-state index contributed by atoms with van der Waals surface area (Å²) in [5, 5.41) is 2.74. The molecule has 10 heteroatoms. The van der Waals surface area contributed by atoms with Crippen LogP contribution in [0.4, 0.5) is 15.0 Å². The SMILES string of the molecule is O=C1S/C(=C\c2c(NCC3CCCO3)nc3ccccn3c2=O)C(=O)N1Cc1ccc(F)cc1. The highest BCUT2D eigenvalue weighted by Crippen LogP contribution is 2.33. The van der Waals surface area contributed by atoms with Gasteiger partial charge in [-0.3, -0.25) is 23.7 Å². The smallest absolute Gasteiger partial charge is 0.293 e. The third kappa shape index (κ3) is 4.46. The Morgan fingerprint density at radius 3 is 2.76 bits per heavy atom. The Morgan fingerprint density at radius 2 is 2.00 bits per heavy atom. The number of anilines is 1. The Morgan fingerprint density at radius 1 is 1.18 bits per heavy atom. The maximum atomic E-state index is 13.3. The average Bonchev–Trinajstić information content (AvgIpc) is 3.45. The van der Waals surface area contributed by atoms with Crippen LogP contribution in [-0.4, -0.2) is 44.7 Å². The lowest BCUT2D eigenvalue weighted by molar-refractivity contribution is -0.123. The molecule has 34 heavy (non-hydrogen) atoms. The zero-order chi connectivity index (χ0) is 23.7. The van der Waals surface area contributed by atoms with Crippen molar-refractivity contribution in [3.63, 3.8) is 0 Å². The van der Waals surface area contributed by atoms with Crippen LogP contribution in [0.3, 0.4) is 0 Å². The number of ether oxygens (including phenoxy) is 1. The standard InChI is InChI=1S/C24H21FN4O4S/c25-16-8-6-15(7-9-16)14-29-23(31)19(34-24(29)32)12-18-21(26-13-17-4-3-11-33-17)27-20-5-1-2-10-28(20)22(18)30/h1-2,5-10,12,17,26H,3-4,11,13-14H2/b19-12-. The second-order valence-corrected chi connectivity index (χ2v) is 9.01. The minimum Gasteiger partial charge on any atom is -0.376 e. The minimum absolute atomic E-state index is 0.0152. The number of imide groups is 1. The van der Waals surface area contributed by atoms with E-state index in [9.17, 15) is 18.8 Å². The van der Waals surface area contributed by atoms with Crippen molar-refractivity contribution in [1.29, 1.82) is 0 Å². The van der Waals surface area contributed by atoms with Crippen LogP contribution in [-0.2, 0) is 16.1 Å². The number of carbonyl (C=O) groups is 2. The molecule has 2 aliphatic rings. The normalized spacial score (nSPS) is 19.5. The Kier molecular flexibility index (Phi) is 6.16. The van der Waals surface area contributed by atoms with E-state index >= 15 is 0 Å². The van der Waals surface area contributed by atoms with Gasteiger partial charge in [0, 0.05) is 19.3 Å². The number of nitrogens with zero attached hydrogens (tertiary/aromatic N) is 3. The Bertz CT molecular complexity index is 1350. The predicted octanol–water partition coefficient (Wildman–Crippen LogP) is 3.66. The molecule has 0 saturated carbocycles. The number of nitrogens with one attached hydrogen (secondary N) is 1. The number of rotatable bonds is 6. The highest BCUT2D eigenvalue weighted by Gasteiger charge is 2.35. The molecule has 0 bridgehead atoms. The first-order valence-corrected chi connectivity index (χ1v) is 11.7. The zero-order valence-corrected chi connectivity index (χ0v) is 18.9. The molecule has 2 saturated heterocycles. The fourth-order valence-corrected chi connectivity index (χ4v) is 4.74. The Balaban J connectivity index is 1.48. The number of thioether (sulfide) groups is 1. The van der Waals surface area contributed by atoms with Gasteiger partial charge in [-0.05, 0) is 60.5 Å². The summed E-state index contributed by atoms with van der Waals surface area (Å²) in [7, 11) is 0. The van der Waals surface area contributed by atoms with Gasteiger partial charge in [0.1, 0.15) is 17.3 Å².